The van der Waals surface area contributed by atoms with Crippen LogP contribution in [0.5, 0.6) is 0 Å². The van der Waals surface area contributed by atoms with E-state index in [4.69, 9.17) is 0 Å². The molecule has 7 heteroatoms. The van der Waals surface area contributed by atoms with Gasteiger partial charge in [-0.2, -0.15) is 5.10 Å². The fourth-order valence-corrected chi connectivity index (χ4v) is 3.48. The lowest BCUT2D eigenvalue weighted by molar-refractivity contribution is -0.123. The van der Waals surface area contributed by atoms with Gasteiger partial charge in [0, 0.05) is 17.3 Å². The van der Waals surface area contributed by atoms with Crippen molar-refractivity contribution in [1.29, 1.82) is 0 Å². The Balaban J connectivity index is 1.81. The molecule has 0 radical (unpaired) electrons. The monoisotopic (exact) mass is 362 g/mol. The first-order chi connectivity index (χ1) is 12.5. The van der Waals surface area contributed by atoms with Gasteiger partial charge in [-0.25, -0.2) is 13.5 Å². The van der Waals surface area contributed by atoms with E-state index in [-0.39, 0.29) is 11.9 Å². The highest BCUT2D eigenvalue weighted by atomic mass is 19.1. The number of fused-ring (bicyclic) bond motifs is 1. The van der Waals surface area contributed by atoms with Crippen LogP contribution in [0.3, 0.4) is 0 Å². The predicted molar refractivity (Wildman–Crippen MR) is 95.1 cm³/mol. The molecule has 0 aliphatic heterocycles. The summed E-state index contributed by atoms with van der Waals surface area (Å²) in [4.78, 5) is 14.4. The largest absolute Gasteiger partial charge is 0.348 e. The Bertz CT molecular complexity index is 766. The maximum absolute atomic E-state index is 13.5. The summed E-state index contributed by atoms with van der Waals surface area (Å²) in [5, 5.41) is 7.40. The predicted octanol–water partition coefficient (Wildman–Crippen LogP) is 2.99. The molecule has 5 nitrogen and oxygen atoms in total. The highest BCUT2D eigenvalue weighted by Crippen LogP contribution is 2.31. The van der Waals surface area contributed by atoms with Crippen molar-refractivity contribution in [3.8, 4) is 5.69 Å². The second-order valence-electron chi connectivity index (χ2n) is 6.56. The van der Waals surface area contributed by atoms with Gasteiger partial charge < -0.3 is 5.32 Å². The number of hydrogen-bond acceptors (Lipinski definition) is 3. The van der Waals surface area contributed by atoms with Crippen LogP contribution in [0.2, 0.25) is 0 Å². The highest BCUT2D eigenvalue weighted by Gasteiger charge is 2.26. The number of amides is 1. The van der Waals surface area contributed by atoms with E-state index in [0.717, 1.165) is 49.7 Å². The van der Waals surface area contributed by atoms with Crippen LogP contribution in [0.4, 0.5) is 8.78 Å². The van der Waals surface area contributed by atoms with Crippen LogP contribution in [-0.2, 0) is 11.2 Å². The van der Waals surface area contributed by atoms with Crippen LogP contribution < -0.4 is 5.32 Å². The maximum atomic E-state index is 13.5. The second-order valence-corrected chi connectivity index (χ2v) is 6.56. The van der Waals surface area contributed by atoms with Crippen LogP contribution in [0.25, 0.3) is 5.69 Å². The van der Waals surface area contributed by atoms with Crippen LogP contribution in [0.1, 0.15) is 44.0 Å². The number of nitrogens with one attached hydrogen (secondary N) is 1. The molecule has 0 bridgehead atoms. The number of likely N-dealkylation sites (N-methyl/N-ethyl adjacent to an activating group) is 1. The average molecular weight is 362 g/mol. The van der Waals surface area contributed by atoms with Crippen molar-refractivity contribution < 1.29 is 13.6 Å². The number of carbonyl (C=O) groups is 1. The summed E-state index contributed by atoms with van der Waals surface area (Å²) in [5.41, 5.74) is 2.18. The summed E-state index contributed by atoms with van der Waals surface area (Å²) in [5.74, 6) is -1.29. The van der Waals surface area contributed by atoms with E-state index in [1.165, 1.54) is 12.1 Å². The van der Waals surface area contributed by atoms with Gasteiger partial charge in [-0.15, -0.1) is 0 Å². The van der Waals surface area contributed by atoms with E-state index in [0.29, 0.717) is 12.2 Å². The first-order valence-electron chi connectivity index (χ1n) is 9.06. The molecule has 2 aromatic rings. The number of rotatable bonds is 6. The van der Waals surface area contributed by atoms with Crippen LogP contribution in [-0.4, -0.2) is 40.2 Å². The molecular formula is C19H24F2N4O. The van der Waals surface area contributed by atoms with Gasteiger partial charge in [0.15, 0.2) is 0 Å². The molecule has 1 aromatic carbocycles. The molecule has 1 N–H and O–H groups in total. The van der Waals surface area contributed by atoms with Crippen LogP contribution in [0, 0.1) is 11.6 Å². The molecule has 3 rings (SSSR count). The standard InChI is InChI=1S/C19H24F2N4O/c1-3-24(4-2)12-19(26)23-17-6-5-7-18-16(17)11-22-25(18)15-9-13(20)8-14(21)10-15/h8-11,17H,3-7,12H2,1-2H3,(H,23,26)/t17-/m0/s1. The Labute approximate surface area is 152 Å². The molecule has 0 saturated heterocycles. The van der Waals surface area contributed by atoms with E-state index in [1.807, 2.05) is 13.8 Å². The molecule has 1 aliphatic carbocycles. The van der Waals surface area contributed by atoms with E-state index in [1.54, 1.807) is 10.9 Å². The number of hydrogen-bond donors (Lipinski definition) is 1. The first-order valence-corrected chi connectivity index (χ1v) is 9.06. The number of carbonyl (C=O) groups excluding carboxylic acids is 1. The zero-order valence-corrected chi connectivity index (χ0v) is 15.1. The van der Waals surface area contributed by atoms with E-state index in [9.17, 15) is 13.6 Å². The minimum absolute atomic E-state index is 0.0175. The third-order valence-corrected chi connectivity index (χ3v) is 4.87. The Kier molecular flexibility index (Phi) is 5.66. The minimum atomic E-state index is -0.635. The van der Waals surface area contributed by atoms with Crippen molar-refractivity contribution in [2.24, 2.45) is 0 Å². The highest BCUT2D eigenvalue weighted by molar-refractivity contribution is 5.78. The smallest absolute Gasteiger partial charge is 0.234 e. The molecule has 140 valence electrons. The molecule has 1 aromatic heterocycles. The average Bonchev–Trinajstić information content (AvgIpc) is 3.04. The lowest BCUT2D eigenvalue weighted by Crippen LogP contribution is -2.39. The first kappa shape index (κ1) is 18.5. The molecule has 1 heterocycles. The summed E-state index contributed by atoms with van der Waals surface area (Å²) < 4.78 is 28.7. The van der Waals surface area contributed by atoms with Crippen molar-refractivity contribution in [2.75, 3.05) is 19.6 Å². The van der Waals surface area contributed by atoms with Crippen molar-refractivity contribution in [2.45, 2.75) is 39.2 Å². The maximum Gasteiger partial charge on any atom is 0.234 e. The van der Waals surface area contributed by atoms with Gasteiger partial charge in [0.05, 0.1) is 24.5 Å². The lowest BCUT2D eigenvalue weighted by atomic mass is 9.93. The molecule has 1 atom stereocenters. The molecular weight excluding hydrogens is 338 g/mol. The summed E-state index contributed by atoms with van der Waals surface area (Å²) in [6.45, 7) is 6.06. The van der Waals surface area contributed by atoms with Gasteiger partial charge in [0.25, 0.3) is 0 Å². The van der Waals surface area contributed by atoms with Gasteiger partial charge in [-0.3, -0.25) is 9.69 Å². The number of aromatic nitrogens is 2. The Morgan fingerprint density at radius 1 is 1.27 bits per heavy atom. The van der Waals surface area contributed by atoms with Crippen molar-refractivity contribution in [3.05, 3.63) is 47.3 Å². The van der Waals surface area contributed by atoms with E-state index in [2.05, 4.69) is 15.3 Å². The molecule has 1 aliphatic rings. The van der Waals surface area contributed by atoms with Gasteiger partial charge in [0.2, 0.25) is 5.91 Å². The number of benzene rings is 1. The summed E-state index contributed by atoms with van der Waals surface area (Å²) in [6, 6.07) is 3.25. The van der Waals surface area contributed by atoms with Crippen molar-refractivity contribution >= 4 is 5.91 Å². The summed E-state index contributed by atoms with van der Waals surface area (Å²) >= 11 is 0. The SMILES string of the molecule is CCN(CC)CC(=O)N[C@H]1CCCc2c1cnn2-c1cc(F)cc(F)c1. The zero-order chi connectivity index (χ0) is 18.7. The Morgan fingerprint density at radius 2 is 1.96 bits per heavy atom. The van der Waals surface area contributed by atoms with Gasteiger partial charge >= 0.3 is 0 Å². The van der Waals surface area contributed by atoms with Gasteiger partial charge in [0.1, 0.15) is 11.6 Å². The second kappa shape index (κ2) is 7.95. The minimum Gasteiger partial charge on any atom is -0.348 e. The van der Waals surface area contributed by atoms with Crippen LogP contribution >= 0.6 is 0 Å². The molecule has 0 spiro atoms. The van der Waals surface area contributed by atoms with Crippen molar-refractivity contribution in [1.82, 2.24) is 20.0 Å². The molecule has 1 amide bonds. The molecule has 0 fully saturated rings. The van der Waals surface area contributed by atoms with Crippen LogP contribution in [0.15, 0.2) is 24.4 Å². The Hall–Kier alpha value is -2.28. The fourth-order valence-electron chi connectivity index (χ4n) is 3.48. The number of nitrogens with zero attached hydrogens (tertiary/aromatic N) is 3. The zero-order valence-electron chi connectivity index (χ0n) is 15.1. The third kappa shape index (κ3) is 3.93. The van der Waals surface area contributed by atoms with Crippen molar-refractivity contribution in [3.63, 3.8) is 0 Å². The lowest BCUT2D eigenvalue weighted by Gasteiger charge is -2.26. The molecule has 0 saturated carbocycles. The summed E-state index contributed by atoms with van der Waals surface area (Å²) in [6.07, 6.45) is 4.17. The van der Waals surface area contributed by atoms with E-state index >= 15 is 0 Å². The summed E-state index contributed by atoms with van der Waals surface area (Å²) in [7, 11) is 0. The third-order valence-electron chi connectivity index (χ3n) is 4.87. The van der Waals surface area contributed by atoms with Gasteiger partial charge in [-0.1, -0.05) is 13.8 Å². The van der Waals surface area contributed by atoms with E-state index < -0.39 is 11.6 Å². The molecule has 26 heavy (non-hydrogen) atoms. The molecule has 0 unspecified atom stereocenters. The van der Waals surface area contributed by atoms with Gasteiger partial charge in [-0.05, 0) is 44.5 Å². The quantitative estimate of drug-likeness (QED) is 0.860. The normalized spacial score (nSPS) is 16.6. The Morgan fingerprint density at radius 3 is 2.62 bits per heavy atom. The number of halogens is 2. The topological polar surface area (TPSA) is 50.2 Å². The fraction of sp³-hybridized carbons (Fsp3) is 0.474.